The van der Waals surface area contributed by atoms with E-state index in [1.54, 1.807) is 43.4 Å². The van der Waals surface area contributed by atoms with Gasteiger partial charge in [0.1, 0.15) is 23.1 Å². The molecular weight excluding hydrogens is 500 g/mol. The van der Waals surface area contributed by atoms with Gasteiger partial charge in [0, 0.05) is 11.8 Å². The second kappa shape index (κ2) is 11.3. The topological polar surface area (TPSA) is 59.0 Å². The predicted octanol–water partition coefficient (Wildman–Crippen LogP) is 6.87. The monoisotopic (exact) mass is 529 g/mol. The van der Waals surface area contributed by atoms with E-state index in [1.165, 1.54) is 24.3 Å². The summed E-state index contributed by atoms with van der Waals surface area (Å²) in [6.45, 7) is 0. The molecule has 1 saturated heterocycles. The van der Waals surface area contributed by atoms with Gasteiger partial charge in [-0.05, 0) is 83.6 Å². The first kappa shape index (κ1) is 26.4. The van der Waals surface area contributed by atoms with Crippen molar-refractivity contribution in [3.63, 3.8) is 0 Å². The number of carbonyl (C=O) groups is 1. The Bertz CT molecular complexity index is 1420. The van der Waals surface area contributed by atoms with E-state index in [0.29, 0.717) is 35.6 Å². The number of amides is 1. The summed E-state index contributed by atoms with van der Waals surface area (Å²) in [4.78, 5) is 15.0. The first-order chi connectivity index (χ1) is 18.9. The summed E-state index contributed by atoms with van der Waals surface area (Å²) in [5.74, 6) is 0.166. The fraction of sp³-hybridized carbons (Fsp3) is 0.219. The summed E-state index contributed by atoms with van der Waals surface area (Å²) in [6, 6.07) is 24.9. The zero-order valence-corrected chi connectivity index (χ0v) is 21.7. The fourth-order valence-corrected chi connectivity index (χ4v) is 5.14. The summed E-state index contributed by atoms with van der Waals surface area (Å²) in [5.41, 5.74) is 4.03. The molecule has 1 heterocycles. The van der Waals surface area contributed by atoms with Gasteiger partial charge in [-0.15, -0.1) is 0 Å². The summed E-state index contributed by atoms with van der Waals surface area (Å²) < 4.78 is 37.7. The Labute approximate surface area is 226 Å². The van der Waals surface area contributed by atoms with Crippen molar-refractivity contribution >= 4 is 11.6 Å². The quantitative estimate of drug-likeness (QED) is 0.241. The number of aliphatic hydroxyl groups is 1. The Morgan fingerprint density at radius 1 is 0.795 bits per heavy atom. The number of hydrogen-bond acceptors (Lipinski definition) is 4. The van der Waals surface area contributed by atoms with Gasteiger partial charge in [-0.3, -0.25) is 4.79 Å². The van der Waals surface area contributed by atoms with Crippen LogP contribution in [0.25, 0.3) is 11.1 Å². The van der Waals surface area contributed by atoms with Crippen LogP contribution >= 0.6 is 0 Å². The van der Waals surface area contributed by atoms with E-state index in [2.05, 4.69) is 0 Å². The van der Waals surface area contributed by atoms with Gasteiger partial charge in [0.05, 0.1) is 32.3 Å². The standard InChI is InChI=1S/C32H29F2NO4/c1-38-27-17-23(18-28(19-27)39-2)20-3-5-22(6-4-20)31-29(15-16-30(36)21-7-9-24(33)10-8-21)32(37)35(31)26-13-11-25(34)12-14-26/h3-14,17-19,29-31,36H,15-16H2,1-2H3/t29?,30-,31+/m0/s1. The highest BCUT2D eigenvalue weighted by Crippen LogP contribution is 2.46. The number of nitrogens with zero attached hydrogens (tertiary/aromatic N) is 1. The summed E-state index contributed by atoms with van der Waals surface area (Å²) >= 11 is 0. The molecule has 5 rings (SSSR count). The molecule has 0 aromatic heterocycles. The van der Waals surface area contributed by atoms with Gasteiger partial charge in [0.2, 0.25) is 5.91 Å². The maximum absolute atomic E-state index is 13.6. The lowest BCUT2D eigenvalue weighted by Gasteiger charge is -2.48. The van der Waals surface area contributed by atoms with Crippen LogP contribution in [0.1, 0.15) is 36.1 Å². The number of carbonyl (C=O) groups excluding carboxylic acids is 1. The minimum absolute atomic E-state index is 0.0838. The van der Waals surface area contributed by atoms with Crippen molar-refractivity contribution in [2.24, 2.45) is 5.92 Å². The largest absolute Gasteiger partial charge is 0.497 e. The van der Waals surface area contributed by atoms with E-state index < -0.39 is 6.10 Å². The zero-order chi connectivity index (χ0) is 27.5. The van der Waals surface area contributed by atoms with Crippen LogP contribution in [0.4, 0.5) is 14.5 Å². The van der Waals surface area contributed by atoms with Gasteiger partial charge in [0.25, 0.3) is 0 Å². The Kier molecular flexibility index (Phi) is 7.61. The van der Waals surface area contributed by atoms with Crippen LogP contribution in [-0.4, -0.2) is 25.2 Å². The second-order valence-corrected chi connectivity index (χ2v) is 9.60. The predicted molar refractivity (Wildman–Crippen MR) is 146 cm³/mol. The Hall–Kier alpha value is -4.23. The third kappa shape index (κ3) is 5.49. The molecule has 3 atom stereocenters. The number of aliphatic hydroxyl groups excluding tert-OH is 1. The molecule has 39 heavy (non-hydrogen) atoms. The number of benzene rings is 4. The highest BCUT2D eigenvalue weighted by molar-refractivity contribution is 6.03. The van der Waals surface area contributed by atoms with Gasteiger partial charge in [0.15, 0.2) is 0 Å². The minimum Gasteiger partial charge on any atom is -0.497 e. The molecule has 5 nitrogen and oxygen atoms in total. The van der Waals surface area contributed by atoms with E-state index in [-0.39, 0.29) is 29.5 Å². The molecule has 0 bridgehead atoms. The minimum atomic E-state index is -0.815. The van der Waals surface area contributed by atoms with Crippen LogP contribution in [0.15, 0.2) is 91.0 Å². The number of halogens is 2. The van der Waals surface area contributed by atoms with Crippen molar-refractivity contribution in [3.05, 3.63) is 114 Å². The Balaban J connectivity index is 1.41. The van der Waals surface area contributed by atoms with Gasteiger partial charge >= 0.3 is 0 Å². The number of anilines is 1. The zero-order valence-electron chi connectivity index (χ0n) is 21.7. The van der Waals surface area contributed by atoms with Gasteiger partial charge in [-0.2, -0.15) is 0 Å². The molecule has 1 aliphatic heterocycles. The van der Waals surface area contributed by atoms with Crippen molar-refractivity contribution in [2.75, 3.05) is 19.1 Å². The molecule has 1 aliphatic rings. The highest BCUT2D eigenvalue weighted by atomic mass is 19.1. The SMILES string of the molecule is COc1cc(OC)cc(-c2ccc([C@@H]3C(CC[C@H](O)c4ccc(F)cc4)C(=O)N3c3ccc(F)cc3)cc2)c1. The van der Waals surface area contributed by atoms with Crippen LogP contribution in [0.3, 0.4) is 0 Å². The molecule has 0 aliphatic carbocycles. The highest BCUT2D eigenvalue weighted by Gasteiger charge is 2.48. The van der Waals surface area contributed by atoms with E-state index in [1.807, 2.05) is 42.5 Å². The van der Waals surface area contributed by atoms with Gasteiger partial charge in [-0.1, -0.05) is 36.4 Å². The first-order valence-corrected chi connectivity index (χ1v) is 12.7. The van der Waals surface area contributed by atoms with E-state index in [0.717, 1.165) is 16.7 Å². The number of ether oxygens (including phenoxy) is 2. The number of methoxy groups -OCH3 is 2. The Morgan fingerprint density at radius 3 is 1.92 bits per heavy atom. The summed E-state index contributed by atoms with van der Waals surface area (Å²) in [5, 5.41) is 10.7. The molecule has 7 heteroatoms. The third-order valence-electron chi connectivity index (χ3n) is 7.26. The molecule has 4 aromatic rings. The van der Waals surface area contributed by atoms with Crippen molar-refractivity contribution in [1.29, 1.82) is 0 Å². The third-order valence-corrected chi connectivity index (χ3v) is 7.26. The average Bonchev–Trinajstić information content (AvgIpc) is 2.97. The van der Waals surface area contributed by atoms with Crippen LogP contribution in [0, 0.1) is 17.6 Å². The molecule has 200 valence electrons. The molecular formula is C32H29F2NO4. The maximum Gasteiger partial charge on any atom is 0.233 e. The van der Waals surface area contributed by atoms with Crippen molar-refractivity contribution in [3.8, 4) is 22.6 Å². The van der Waals surface area contributed by atoms with E-state index >= 15 is 0 Å². The van der Waals surface area contributed by atoms with Gasteiger partial charge < -0.3 is 19.5 Å². The molecule has 1 fully saturated rings. The molecule has 0 radical (unpaired) electrons. The molecule has 0 spiro atoms. The van der Waals surface area contributed by atoms with Crippen LogP contribution < -0.4 is 14.4 Å². The fourth-order valence-electron chi connectivity index (χ4n) is 5.14. The number of β-lactam (4-membered cyclic amide) rings is 1. The summed E-state index contributed by atoms with van der Waals surface area (Å²) in [7, 11) is 3.21. The van der Waals surface area contributed by atoms with Crippen LogP contribution in [0.2, 0.25) is 0 Å². The number of rotatable bonds is 9. The molecule has 1 amide bonds. The van der Waals surface area contributed by atoms with Crippen LogP contribution in [0.5, 0.6) is 11.5 Å². The molecule has 4 aromatic carbocycles. The van der Waals surface area contributed by atoms with E-state index in [9.17, 15) is 18.7 Å². The maximum atomic E-state index is 13.6. The van der Waals surface area contributed by atoms with Gasteiger partial charge in [-0.25, -0.2) is 8.78 Å². The van der Waals surface area contributed by atoms with Crippen LogP contribution in [-0.2, 0) is 4.79 Å². The lowest BCUT2D eigenvalue weighted by Crippen LogP contribution is -2.55. The smallest absolute Gasteiger partial charge is 0.233 e. The first-order valence-electron chi connectivity index (χ1n) is 12.7. The van der Waals surface area contributed by atoms with Crippen molar-refractivity contribution < 1.29 is 28.2 Å². The Morgan fingerprint density at radius 2 is 1.36 bits per heavy atom. The van der Waals surface area contributed by atoms with Crippen molar-refractivity contribution in [2.45, 2.75) is 25.0 Å². The lowest BCUT2D eigenvalue weighted by atomic mass is 9.78. The molecule has 1 N–H and O–H groups in total. The molecule has 1 unspecified atom stereocenters. The van der Waals surface area contributed by atoms with Crippen molar-refractivity contribution in [1.82, 2.24) is 0 Å². The number of hydrogen-bond donors (Lipinski definition) is 1. The average molecular weight is 530 g/mol. The lowest BCUT2D eigenvalue weighted by molar-refractivity contribution is -0.131. The summed E-state index contributed by atoms with van der Waals surface area (Å²) in [6.07, 6.45) is -0.0316. The second-order valence-electron chi connectivity index (χ2n) is 9.60. The molecule has 0 saturated carbocycles. The van der Waals surface area contributed by atoms with E-state index in [4.69, 9.17) is 9.47 Å². The normalized spacial score (nSPS) is 17.5.